The van der Waals surface area contributed by atoms with Crippen molar-refractivity contribution in [3.05, 3.63) is 46.6 Å². The van der Waals surface area contributed by atoms with E-state index in [2.05, 4.69) is 76.5 Å². The molecule has 0 amide bonds. The molecule has 1 aliphatic rings. The molecule has 0 aliphatic carbocycles. The van der Waals surface area contributed by atoms with Crippen LogP contribution >= 0.6 is 11.8 Å². The zero-order valence-corrected chi connectivity index (χ0v) is 18.1. The number of thioether (sulfide) groups is 1. The average molecular weight is 381 g/mol. The highest BCUT2D eigenvalue weighted by Crippen LogP contribution is 2.51. The van der Waals surface area contributed by atoms with Crippen molar-refractivity contribution < 1.29 is 4.42 Å². The summed E-state index contributed by atoms with van der Waals surface area (Å²) in [6.45, 7) is 16.0. The maximum Gasteiger partial charge on any atom is 0.227 e. The quantitative estimate of drug-likeness (QED) is 0.474. The van der Waals surface area contributed by atoms with Gasteiger partial charge in [0.1, 0.15) is 5.58 Å². The lowest BCUT2D eigenvalue weighted by Crippen LogP contribution is -2.38. The normalized spacial score (nSPS) is 18.5. The number of hydrogen-bond donors (Lipinski definition) is 0. The van der Waals surface area contributed by atoms with Gasteiger partial charge in [-0.15, -0.1) is 11.8 Å². The van der Waals surface area contributed by atoms with Gasteiger partial charge in [0.05, 0.1) is 5.37 Å². The third-order valence-corrected chi connectivity index (χ3v) is 7.44. The molecule has 3 aromatic rings. The molecule has 0 radical (unpaired) electrons. The van der Waals surface area contributed by atoms with Crippen molar-refractivity contribution >= 4 is 39.5 Å². The standard InChI is InChI=1S/C23H28N2OS/c1-13(2)20-15(4)25(22(27-20)23(5,6)7)18-12-17-16-9-8-10-24-21(16)26-19(17)11-14(18)3/h8-13,22H,1-7H3. The smallest absolute Gasteiger partial charge is 0.227 e. The van der Waals surface area contributed by atoms with Crippen LogP contribution in [0.2, 0.25) is 0 Å². The first-order valence-electron chi connectivity index (χ1n) is 9.63. The molecule has 0 saturated carbocycles. The Morgan fingerprint density at radius 1 is 1.15 bits per heavy atom. The number of furan rings is 1. The van der Waals surface area contributed by atoms with Gasteiger partial charge in [0.15, 0.2) is 0 Å². The Morgan fingerprint density at radius 2 is 1.89 bits per heavy atom. The van der Waals surface area contributed by atoms with E-state index in [0.717, 1.165) is 16.4 Å². The van der Waals surface area contributed by atoms with Crippen molar-refractivity contribution in [3.63, 3.8) is 0 Å². The second-order valence-electron chi connectivity index (χ2n) is 8.90. The van der Waals surface area contributed by atoms with Gasteiger partial charge in [-0.25, -0.2) is 4.98 Å². The van der Waals surface area contributed by atoms with Gasteiger partial charge >= 0.3 is 0 Å². The van der Waals surface area contributed by atoms with E-state index >= 15 is 0 Å². The Morgan fingerprint density at radius 3 is 2.56 bits per heavy atom. The Labute approximate surface area is 165 Å². The fourth-order valence-electron chi connectivity index (χ4n) is 3.98. The SMILES string of the molecule is CC1=C(C(C)C)SC(C(C)(C)C)N1c1cc2c(cc1C)oc1ncccc12. The van der Waals surface area contributed by atoms with Gasteiger partial charge in [0.2, 0.25) is 5.71 Å². The lowest BCUT2D eigenvalue weighted by Gasteiger charge is -2.37. The number of hydrogen-bond acceptors (Lipinski definition) is 4. The number of pyridine rings is 1. The molecule has 1 aromatic carbocycles. The van der Waals surface area contributed by atoms with Crippen molar-refractivity contribution in [2.45, 2.75) is 53.8 Å². The molecule has 142 valence electrons. The molecule has 4 heteroatoms. The minimum Gasteiger partial charge on any atom is -0.438 e. The summed E-state index contributed by atoms with van der Waals surface area (Å²) in [6.07, 6.45) is 1.78. The van der Waals surface area contributed by atoms with E-state index < -0.39 is 0 Å². The average Bonchev–Trinajstić information content (AvgIpc) is 3.11. The van der Waals surface area contributed by atoms with Crippen LogP contribution in [-0.4, -0.2) is 10.4 Å². The molecule has 0 N–H and O–H groups in total. The highest BCUT2D eigenvalue weighted by atomic mass is 32.2. The van der Waals surface area contributed by atoms with E-state index in [0.29, 0.717) is 17.0 Å². The van der Waals surface area contributed by atoms with Crippen LogP contribution in [0, 0.1) is 18.3 Å². The maximum absolute atomic E-state index is 5.98. The Balaban J connectivity index is 1.95. The number of aryl methyl sites for hydroxylation is 1. The van der Waals surface area contributed by atoms with Gasteiger partial charge in [-0.3, -0.25) is 0 Å². The number of aromatic nitrogens is 1. The predicted molar refractivity (Wildman–Crippen MR) is 117 cm³/mol. The summed E-state index contributed by atoms with van der Waals surface area (Å²) >= 11 is 2.03. The number of rotatable bonds is 2. The highest BCUT2D eigenvalue weighted by molar-refractivity contribution is 8.04. The molecule has 1 aliphatic heterocycles. The molecule has 0 spiro atoms. The third-order valence-electron chi connectivity index (χ3n) is 5.28. The van der Waals surface area contributed by atoms with Crippen molar-refractivity contribution in [3.8, 4) is 0 Å². The number of benzene rings is 1. The van der Waals surface area contributed by atoms with Crippen LogP contribution in [0.25, 0.3) is 22.1 Å². The number of nitrogens with zero attached hydrogens (tertiary/aromatic N) is 2. The van der Waals surface area contributed by atoms with E-state index in [1.54, 1.807) is 6.20 Å². The molecule has 4 rings (SSSR count). The summed E-state index contributed by atoms with van der Waals surface area (Å²) in [7, 11) is 0. The zero-order valence-electron chi connectivity index (χ0n) is 17.3. The molecule has 0 saturated heterocycles. The molecular weight excluding hydrogens is 352 g/mol. The van der Waals surface area contributed by atoms with Gasteiger partial charge in [0, 0.05) is 33.3 Å². The van der Waals surface area contributed by atoms with Gasteiger partial charge in [-0.2, -0.15) is 0 Å². The van der Waals surface area contributed by atoms with Crippen LogP contribution in [0.1, 0.15) is 47.1 Å². The second-order valence-corrected chi connectivity index (χ2v) is 10.0. The first-order valence-corrected chi connectivity index (χ1v) is 10.5. The molecule has 27 heavy (non-hydrogen) atoms. The molecule has 3 nitrogen and oxygen atoms in total. The topological polar surface area (TPSA) is 29.3 Å². The van der Waals surface area contributed by atoms with Crippen LogP contribution < -0.4 is 4.90 Å². The molecular formula is C23H28N2OS. The minimum absolute atomic E-state index is 0.157. The van der Waals surface area contributed by atoms with Crippen LogP contribution in [0.5, 0.6) is 0 Å². The highest BCUT2D eigenvalue weighted by Gasteiger charge is 2.40. The first kappa shape index (κ1) is 18.4. The fraction of sp³-hybridized carbons (Fsp3) is 0.435. The van der Waals surface area contributed by atoms with Crippen molar-refractivity contribution in [1.82, 2.24) is 4.98 Å². The van der Waals surface area contributed by atoms with Gasteiger partial charge in [-0.1, -0.05) is 34.6 Å². The van der Waals surface area contributed by atoms with E-state index in [-0.39, 0.29) is 5.41 Å². The molecule has 0 bridgehead atoms. The van der Waals surface area contributed by atoms with Gasteiger partial charge < -0.3 is 9.32 Å². The van der Waals surface area contributed by atoms with Gasteiger partial charge in [-0.05, 0) is 55.0 Å². The fourth-order valence-corrected chi connectivity index (χ4v) is 5.50. The number of allylic oxidation sites excluding steroid dienone is 2. The molecule has 3 heterocycles. The summed E-state index contributed by atoms with van der Waals surface area (Å²) in [6, 6.07) is 8.53. The van der Waals surface area contributed by atoms with Crippen LogP contribution in [0.4, 0.5) is 5.69 Å². The Hall–Kier alpha value is -1.94. The van der Waals surface area contributed by atoms with Crippen molar-refractivity contribution in [2.75, 3.05) is 4.90 Å². The third kappa shape index (κ3) is 2.94. The van der Waals surface area contributed by atoms with Crippen molar-refractivity contribution in [2.24, 2.45) is 11.3 Å². The second kappa shape index (κ2) is 6.30. The summed E-state index contributed by atoms with van der Waals surface area (Å²) < 4.78 is 5.98. The maximum atomic E-state index is 5.98. The molecule has 2 aromatic heterocycles. The minimum atomic E-state index is 0.157. The van der Waals surface area contributed by atoms with E-state index in [4.69, 9.17) is 4.42 Å². The van der Waals surface area contributed by atoms with Gasteiger partial charge in [0.25, 0.3) is 0 Å². The van der Waals surface area contributed by atoms with E-state index in [1.807, 2.05) is 17.8 Å². The first-order chi connectivity index (χ1) is 12.7. The van der Waals surface area contributed by atoms with Crippen LogP contribution in [0.15, 0.2) is 45.5 Å². The Kier molecular flexibility index (Phi) is 4.30. The summed E-state index contributed by atoms with van der Waals surface area (Å²) in [4.78, 5) is 8.43. The predicted octanol–water partition coefficient (Wildman–Crippen LogP) is 7.10. The van der Waals surface area contributed by atoms with Crippen LogP contribution in [0.3, 0.4) is 0 Å². The van der Waals surface area contributed by atoms with Crippen LogP contribution in [-0.2, 0) is 0 Å². The monoisotopic (exact) mass is 380 g/mol. The van der Waals surface area contributed by atoms with E-state index in [1.165, 1.54) is 21.9 Å². The lowest BCUT2D eigenvalue weighted by molar-refractivity contribution is 0.395. The molecule has 1 atom stereocenters. The summed E-state index contributed by atoms with van der Waals surface area (Å²) in [5.41, 5.74) is 5.67. The number of anilines is 1. The summed E-state index contributed by atoms with van der Waals surface area (Å²) in [5, 5.41) is 2.60. The molecule has 1 unspecified atom stereocenters. The zero-order chi connectivity index (χ0) is 19.5. The Bertz CT molecular complexity index is 1060. The van der Waals surface area contributed by atoms with E-state index in [9.17, 15) is 0 Å². The molecule has 0 fully saturated rings. The van der Waals surface area contributed by atoms with Crippen molar-refractivity contribution in [1.29, 1.82) is 0 Å². The lowest BCUT2D eigenvalue weighted by atomic mass is 9.94. The largest absolute Gasteiger partial charge is 0.438 e. The number of fused-ring (bicyclic) bond motifs is 3. The summed E-state index contributed by atoms with van der Waals surface area (Å²) in [5.74, 6) is 0.535.